The Morgan fingerprint density at radius 3 is 2.39 bits per heavy atom. The number of ether oxygens (including phenoxy) is 2. The van der Waals surface area contributed by atoms with Gasteiger partial charge in [-0.3, -0.25) is 4.79 Å². The van der Waals surface area contributed by atoms with E-state index in [2.05, 4.69) is 24.3 Å². The van der Waals surface area contributed by atoms with E-state index in [4.69, 9.17) is 14.6 Å². The molecule has 4 rings (SSSR count). The molecule has 1 unspecified atom stereocenters. The number of aliphatic carboxylic acids is 2. The molecule has 7 heteroatoms. The predicted octanol–water partition coefficient (Wildman–Crippen LogP) is 5.78. The molecule has 1 heterocycles. The number of aryl methyl sites for hydroxylation is 1. The summed E-state index contributed by atoms with van der Waals surface area (Å²) >= 11 is 0. The lowest BCUT2D eigenvalue weighted by Gasteiger charge is -2.34. The Balaban J connectivity index is 1.31. The van der Waals surface area contributed by atoms with Crippen LogP contribution in [0.1, 0.15) is 42.4 Å². The lowest BCUT2D eigenvalue weighted by Crippen LogP contribution is -2.44. The summed E-state index contributed by atoms with van der Waals surface area (Å²) in [6.07, 6.45) is 6.52. The van der Waals surface area contributed by atoms with E-state index in [0.29, 0.717) is 25.3 Å². The van der Waals surface area contributed by atoms with Crippen molar-refractivity contribution in [1.29, 1.82) is 0 Å². The number of fused-ring (bicyclic) bond motifs is 1. The number of carbonyl (C=O) groups is 2. The third kappa shape index (κ3) is 7.87. The summed E-state index contributed by atoms with van der Waals surface area (Å²) in [4.78, 5) is 24.4. The number of anilines is 1. The molecule has 1 atom stereocenters. The highest BCUT2D eigenvalue weighted by atomic mass is 16.5. The number of hydrogen-bond acceptors (Lipinski definition) is 5. The SMILES string of the molecule is O=C(O)CCCN1CC(C(=O)O)Oc2cc(/C=C/c3ccc(OCCCCc4ccccc4)cc3)ccc21. The van der Waals surface area contributed by atoms with Gasteiger partial charge in [0.1, 0.15) is 11.5 Å². The summed E-state index contributed by atoms with van der Waals surface area (Å²) in [5, 5.41) is 18.4. The van der Waals surface area contributed by atoms with E-state index < -0.39 is 18.0 Å². The van der Waals surface area contributed by atoms with Gasteiger partial charge in [-0.2, -0.15) is 0 Å². The van der Waals surface area contributed by atoms with Crippen LogP contribution in [0.3, 0.4) is 0 Å². The zero-order valence-electron chi connectivity index (χ0n) is 21.3. The first kappa shape index (κ1) is 26.8. The number of carboxylic acids is 2. The Kier molecular flexibility index (Phi) is 9.40. The van der Waals surface area contributed by atoms with Crippen molar-refractivity contribution >= 4 is 29.8 Å². The maximum Gasteiger partial charge on any atom is 0.346 e. The normalized spacial score (nSPS) is 14.6. The standard InChI is InChI=1S/C31H33NO6/c33-30(34)10-6-19-32-22-29(31(35)36)38-28-21-25(15-18-27(28)32)12-11-24-13-16-26(17-14-24)37-20-5-4-9-23-7-2-1-3-8-23/h1-3,7-8,11-18,21,29H,4-6,9-10,19-20,22H2,(H,33,34)(H,35,36)/b12-11+. The van der Waals surface area contributed by atoms with E-state index >= 15 is 0 Å². The highest BCUT2D eigenvalue weighted by Gasteiger charge is 2.30. The van der Waals surface area contributed by atoms with Gasteiger partial charge in [0.05, 0.1) is 18.8 Å². The minimum atomic E-state index is -1.04. The van der Waals surface area contributed by atoms with Gasteiger partial charge in [0, 0.05) is 13.0 Å². The summed E-state index contributed by atoms with van der Waals surface area (Å²) in [5.74, 6) is -0.589. The van der Waals surface area contributed by atoms with Gasteiger partial charge in [0.25, 0.3) is 0 Å². The lowest BCUT2D eigenvalue weighted by molar-refractivity contribution is -0.145. The molecule has 38 heavy (non-hydrogen) atoms. The molecule has 0 saturated heterocycles. The number of rotatable bonds is 13. The maximum atomic E-state index is 11.6. The third-order valence-corrected chi connectivity index (χ3v) is 6.39. The molecule has 3 aromatic carbocycles. The molecular formula is C31H33NO6. The summed E-state index contributed by atoms with van der Waals surface area (Å²) < 4.78 is 11.6. The Bertz CT molecular complexity index is 1240. The van der Waals surface area contributed by atoms with E-state index in [1.165, 1.54) is 5.56 Å². The van der Waals surface area contributed by atoms with E-state index in [1.807, 2.05) is 65.6 Å². The quantitative estimate of drug-likeness (QED) is 0.220. The van der Waals surface area contributed by atoms with Crippen molar-refractivity contribution in [1.82, 2.24) is 0 Å². The molecule has 1 aliphatic heterocycles. The van der Waals surface area contributed by atoms with Crippen molar-refractivity contribution < 1.29 is 29.3 Å². The first-order valence-corrected chi connectivity index (χ1v) is 12.9. The van der Waals surface area contributed by atoms with Gasteiger partial charge in [0.15, 0.2) is 0 Å². The van der Waals surface area contributed by atoms with Gasteiger partial charge in [-0.05, 0) is 66.6 Å². The van der Waals surface area contributed by atoms with Crippen LogP contribution >= 0.6 is 0 Å². The minimum Gasteiger partial charge on any atom is -0.494 e. The summed E-state index contributed by atoms with van der Waals surface area (Å²) in [6, 6.07) is 24.0. The number of carboxylic acid groups (broad SMARTS) is 2. The number of hydrogen-bond donors (Lipinski definition) is 2. The van der Waals surface area contributed by atoms with Crippen LogP contribution in [0.4, 0.5) is 5.69 Å². The molecule has 3 aromatic rings. The van der Waals surface area contributed by atoms with Gasteiger partial charge in [-0.15, -0.1) is 0 Å². The fourth-order valence-corrected chi connectivity index (χ4v) is 4.37. The molecule has 198 valence electrons. The second-order valence-corrected chi connectivity index (χ2v) is 9.31. The maximum absolute atomic E-state index is 11.6. The molecule has 2 N–H and O–H groups in total. The minimum absolute atomic E-state index is 0.0311. The van der Waals surface area contributed by atoms with Gasteiger partial charge in [-0.1, -0.05) is 60.7 Å². The Hall–Kier alpha value is -4.26. The van der Waals surface area contributed by atoms with Crippen molar-refractivity contribution in [2.45, 2.75) is 38.2 Å². The monoisotopic (exact) mass is 515 g/mol. The zero-order chi connectivity index (χ0) is 26.7. The van der Waals surface area contributed by atoms with E-state index in [-0.39, 0.29) is 13.0 Å². The first-order valence-electron chi connectivity index (χ1n) is 12.9. The van der Waals surface area contributed by atoms with Crippen LogP contribution in [-0.4, -0.2) is 48.0 Å². The van der Waals surface area contributed by atoms with Crippen LogP contribution in [0.5, 0.6) is 11.5 Å². The second kappa shape index (κ2) is 13.3. The molecule has 0 aromatic heterocycles. The second-order valence-electron chi connectivity index (χ2n) is 9.31. The molecule has 0 bridgehead atoms. The molecule has 0 spiro atoms. The molecule has 7 nitrogen and oxygen atoms in total. The molecule has 0 radical (unpaired) electrons. The topological polar surface area (TPSA) is 96.3 Å². The summed E-state index contributed by atoms with van der Waals surface area (Å²) in [7, 11) is 0. The molecule has 0 aliphatic carbocycles. The van der Waals surface area contributed by atoms with Crippen LogP contribution in [0, 0.1) is 0 Å². The summed E-state index contributed by atoms with van der Waals surface area (Å²) in [6.45, 7) is 1.31. The van der Waals surface area contributed by atoms with Crippen molar-refractivity contribution in [3.8, 4) is 11.5 Å². The van der Waals surface area contributed by atoms with E-state index in [9.17, 15) is 14.7 Å². The van der Waals surface area contributed by atoms with Gasteiger partial charge in [0.2, 0.25) is 6.10 Å². The highest BCUT2D eigenvalue weighted by Crippen LogP contribution is 2.35. The third-order valence-electron chi connectivity index (χ3n) is 6.39. The predicted molar refractivity (Wildman–Crippen MR) is 148 cm³/mol. The van der Waals surface area contributed by atoms with Gasteiger partial charge in [-0.25, -0.2) is 4.79 Å². The van der Waals surface area contributed by atoms with Crippen molar-refractivity contribution in [2.24, 2.45) is 0 Å². The smallest absolute Gasteiger partial charge is 0.346 e. The molecular weight excluding hydrogens is 482 g/mol. The fraction of sp³-hybridized carbons (Fsp3) is 0.290. The van der Waals surface area contributed by atoms with Gasteiger partial charge >= 0.3 is 11.9 Å². The largest absolute Gasteiger partial charge is 0.494 e. The van der Waals surface area contributed by atoms with E-state index in [1.54, 1.807) is 0 Å². The number of nitrogens with zero attached hydrogens (tertiary/aromatic N) is 1. The van der Waals surface area contributed by atoms with Crippen LogP contribution in [0.25, 0.3) is 12.2 Å². The average molecular weight is 516 g/mol. The fourth-order valence-electron chi connectivity index (χ4n) is 4.37. The van der Waals surface area contributed by atoms with E-state index in [0.717, 1.165) is 41.8 Å². The van der Waals surface area contributed by atoms with Gasteiger partial charge < -0.3 is 24.6 Å². The summed E-state index contributed by atoms with van der Waals surface area (Å²) in [5.41, 5.74) is 4.01. The Morgan fingerprint density at radius 2 is 1.66 bits per heavy atom. The Morgan fingerprint density at radius 1 is 0.921 bits per heavy atom. The molecule has 0 amide bonds. The first-order chi connectivity index (χ1) is 18.5. The van der Waals surface area contributed by atoms with Crippen LogP contribution in [-0.2, 0) is 16.0 Å². The van der Waals surface area contributed by atoms with Crippen LogP contribution in [0.15, 0.2) is 72.8 Å². The average Bonchev–Trinajstić information content (AvgIpc) is 2.92. The van der Waals surface area contributed by atoms with Crippen molar-refractivity contribution in [3.05, 3.63) is 89.5 Å². The number of unbranched alkanes of at least 4 members (excludes halogenated alkanes) is 1. The van der Waals surface area contributed by atoms with Crippen LogP contribution in [0.2, 0.25) is 0 Å². The Labute approximate surface area is 222 Å². The molecule has 0 fully saturated rings. The lowest BCUT2D eigenvalue weighted by atomic mass is 10.1. The molecule has 0 saturated carbocycles. The van der Waals surface area contributed by atoms with Crippen molar-refractivity contribution in [2.75, 3.05) is 24.6 Å². The van der Waals surface area contributed by atoms with Crippen molar-refractivity contribution in [3.63, 3.8) is 0 Å². The zero-order valence-corrected chi connectivity index (χ0v) is 21.3. The number of benzene rings is 3. The molecule has 1 aliphatic rings. The highest BCUT2D eigenvalue weighted by molar-refractivity contribution is 5.78. The van der Waals surface area contributed by atoms with Crippen LogP contribution < -0.4 is 14.4 Å².